The van der Waals surface area contributed by atoms with E-state index < -0.39 is 0 Å². The fraction of sp³-hybridized carbons (Fsp3) is 0.214. The van der Waals surface area contributed by atoms with Crippen LogP contribution in [0.3, 0.4) is 0 Å². The molecule has 18 heavy (non-hydrogen) atoms. The minimum Gasteiger partial charge on any atom is -0.367 e. The maximum Gasteiger partial charge on any atom is 0.224 e. The first kappa shape index (κ1) is 12.7. The number of halogens is 1. The maximum absolute atomic E-state index is 11.7. The number of carbonyl (C=O) groups excluding carboxylic acids is 1. The second-order valence-electron chi connectivity index (χ2n) is 4.12. The zero-order valence-corrected chi connectivity index (χ0v) is 10.7. The molecule has 0 saturated carbocycles. The van der Waals surface area contributed by atoms with E-state index in [1.807, 2.05) is 30.6 Å². The average molecular weight is 263 g/mol. The summed E-state index contributed by atoms with van der Waals surface area (Å²) in [6.45, 7) is 0.657. The zero-order chi connectivity index (χ0) is 12.8. The number of aromatic nitrogens is 1. The SMILES string of the molecule is O=C(Cc1ccc(Cl)cc1)NCCc1cc[nH]c1. The summed E-state index contributed by atoms with van der Waals surface area (Å²) in [5.41, 5.74) is 2.17. The smallest absolute Gasteiger partial charge is 0.224 e. The van der Waals surface area contributed by atoms with E-state index in [9.17, 15) is 4.79 Å². The highest BCUT2D eigenvalue weighted by Gasteiger charge is 2.03. The van der Waals surface area contributed by atoms with Gasteiger partial charge in [-0.25, -0.2) is 0 Å². The van der Waals surface area contributed by atoms with Crippen molar-refractivity contribution in [2.75, 3.05) is 6.54 Å². The van der Waals surface area contributed by atoms with E-state index in [1.165, 1.54) is 5.56 Å². The summed E-state index contributed by atoms with van der Waals surface area (Å²) in [4.78, 5) is 14.7. The monoisotopic (exact) mass is 262 g/mol. The first-order valence-electron chi connectivity index (χ1n) is 5.87. The average Bonchev–Trinajstić information content (AvgIpc) is 2.85. The molecule has 94 valence electrons. The van der Waals surface area contributed by atoms with E-state index in [-0.39, 0.29) is 5.91 Å². The van der Waals surface area contributed by atoms with E-state index >= 15 is 0 Å². The Kier molecular flexibility index (Phi) is 4.42. The van der Waals surface area contributed by atoms with Crippen LogP contribution in [0.1, 0.15) is 11.1 Å². The van der Waals surface area contributed by atoms with Crippen molar-refractivity contribution in [3.8, 4) is 0 Å². The summed E-state index contributed by atoms with van der Waals surface area (Å²) in [6, 6.07) is 9.33. The fourth-order valence-corrected chi connectivity index (χ4v) is 1.84. The van der Waals surface area contributed by atoms with Crippen molar-refractivity contribution >= 4 is 17.5 Å². The second-order valence-corrected chi connectivity index (χ2v) is 4.56. The summed E-state index contributed by atoms with van der Waals surface area (Å²) in [7, 11) is 0. The molecule has 0 aliphatic rings. The van der Waals surface area contributed by atoms with Gasteiger partial charge in [0.1, 0.15) is 0 Å². The van der Waals surface area contributed by atoms with Crippen LogP contribution in [0.25, 0.3) is 0 Å². The molecule has 0 fully saturated rings. The highest BCUT2D eigenvalue weighted by molar-refractivity contribution is 6.30. The van der Waals surface area contributed by atoms with Crippen molar-refractivity contribution in [1.29, 1.82) is 0 Å². The summed E-state index contributed by atoms with van der Waals surface area (Å²) in [6.07, 6.45) is 5.05. The number of rotatable bonds is 5. The predicted octanol–water partition coefficient (Wildman–Crippen LogP) is 2.57. The molecular weight excluding hydrogens is 248 g/mol. The number of nitrogens with one attached hydrogen (secondary N) is 2. The topological polar surface area (TPSA) is 44.9 Å². The van der Waals surface area contributed by atoms with Crippen molar-refractivity contribution < 1.29 is 4.79 Å². The Morgan fingerprint density at radius 3 is 2.61 bits per heavy atom. The van der Waals surface area contributed by atoms with Crippen molar-refractivity contribution in [2.24, 2.45) is 0 Å². The Bertz CT molecular complexity index is 491. The lowest BCUT2D eigenvalue weighted by atomic mass is 10.1. The molecule has 3 nitrogen and oxygen atoms in total. The molecule has 2 rings (SSSR count). The summed E-state index contributed by atoms with van der Waals surface area (Å²) >= 11 is 5.79. The summed E-state index contributed by atoms with van der Waals surface area (Å²) in [5, 5.41) is 3.58. The molecule has 0 spiro atoms. The number of H-pyrrole nitrogens is 1. The van der Waals surface area contributed by atoms with Crippen LogP contribution in [0.4, 0.5) is 0 Å². The molecule has 1 aromatic heterocycles. The molecule has 4 heteroatoms. The zero-order valence-electron chi connectivity index (χ0n) is 9.95. The number of aromatic amines is 1. The number of carbonyl (C=O) groups is 1. The van der Waals surface area contributed by atoms with Crippen LogP contribution < -0.4 is 5.32 Å². The number of benzene rings is 1. The molecular formula is C14H15ClN2O. The van der Waals surface area contributed by atoms with Gasteiger partial charge in [-0.3, -0.25) is 4.79 Å². The molecule has 2 N–H and O–H groups in total. The van der Waals surface area contributed by atoms with Gasteiger partial charge >= 0.3 is 0 Å². The minimum atomic E-state index is 0.0351. The normalized spacial score (nSPS) is 10.3. The van der Waals surface area contributed by atoms with Gasteiger partial charge in [0.15, 0.2) is 0 Å². The van der Waals surface area contributed by atoms with Gasteiger partial charge in [0.05, 0.1) is 6.42 Å². The van der Waals surface area contributed by atoms with Crippen molar-refractivity contribution in [1.82, 2.24) is 10.3 Å². The Balaban J connectivity index is 1.73. The largest absolute Gasteiger partial charge is 0.367 e. The minimum absolute atomic E-state index is 0.0351. The second kappa shape index (κ2) is 6.26. The quantitative estimate of drug-likeness (QED) is 0.855. The fourth-order valence-electron chi connectivity index (χ4n) is 1.71. The molecule has 0 atom stereocenters. The van der Waals surface area contributed by atoms with Crippen LogP contribution in [0.5, 0.6) is 0 Å². The molecule has 1 aromatic carbocycles. The lowest BCUT2D eigenvalue weighted by molar-refractivity contribution is -0.120. The lowest BCUT2D eigenvalue weighted by Gasteiger charge is -2.04. The van der Waals surface area contributed by atoms with E-state index in [4.69, 9.17) is 11.6 Å². The van der Waals surface area contributed by atoms with Crippen LogP contribution in [0, 0.1) is 0 Å². The molecule has 0 aliphatic heterocycles. The lowest BCUT2D eigenvalue weighted by Crippen LogP contribution is -2.27. The van der Waals surface area contributed by atoms with Gasteiger partial charge in [0.2, 0.25) is 5.91 Å². The van der Waals surface area contributed by atoms with Crippen molar-refractivity contribution in [2.45, 2.75) is 12.8 Å². The van der Waals surface area contributed by atoms with Crippen LogP contribution in [0.15, 0.2) is 42.7 Å². The summed E-state index contributed by atoms with van der Waals surface area (Å²) in [5.74, 6) is 0.0351. The van der Waals surface area contributed by atoms with E-state index in [2.05, 4.69) is 10.3 Å². The van der Waals surface area contributed by atoms with Crippen LogP contribution in [-0.4, -0.2) is 17.4 Å². The Morgan fingerprint density at radius 2 is 1.94 bits per heavy atom. The van der Waals surface area contributed by atoms with Crippen LogP contribution in [-0.2, 0) is 17.6 Å². The Labute approximate surface area is 111 Å². The molecule has 0 radical (unpaired) electrons. The van der Waals surface area contributed by atoms with Gasteiger partial charge in [-0.15, -0.1) is 0 Å². The number of hydrogen-bond donors (Lipinski definition) is 2. The maximum atomic E-state index is 11.7. The first-order chi connectivity index (χ1) is 8.74. The number of hydrogen-bond acceptors (Lipinski definition) is 1. The molecule has 1 amide bonds. The van der Waals surface area contributed by atoms with Crippen LogP contribution >= 0.6 is 11.6 Å². The molecule has 0 aliphatic carbocycles. The van der Waals surface area contributed by atoms with Gasteiger partial charge in [-0.05, 0) is 35.7 Å². The van der Waals surface area contributed by atoms with Gasteiger partial charge in [-0.1, -0.05) is 23.7 Å². The first-order valence-corrected chi connectivity index (χ1v) is 6.24. The van der Waals surface area contributed by atoms with Gasteiger partial charge in [-0.2, -0.15) is 0 Å². The standard InChI is InChI=1S/C14H15ClN2O/c15-13-3-1-11(2-4-13)9-14(18)17-8-6-12-5-7-16-10-12/h1-5,7,10,16H,6,8-9H2,(H,17,18). The third-order valence-corrected chi connectivity index (χ3v) is 2.93. The molecule has 0 bridgehead atoms. The third kappa shape index (κ3) is 3.93. The third-order valence-electron chi connectivity index (χ3n) is 2.68. The Morgan fingerprint density at radius 1 is 1.17 bits per heavy atom. The van der Waals surface area contributed by atoms with Gasteiger partial charge in [0.25, 0.3) is 0 Å². The number of amides is 1. The van der Waals surface area contributed by atoms with E-state index in [0.717, 1.165) is 12.0 Å². The van der Waals surface area contributed by atoms with Gasteiger partial charge < -0.3 is 10.3 Å². The highest BCUT2D eigenvalue weighted by Crippen LogP contribution is 2.09. The molecule has 2 aromatic rings. The Hall–Kier alpha value is -1.74. The molecule has 0 saturated heterocycles. The predicted molar refractivity (Wildman–Crippen MR) is 72.7 cm³/mol. The van der Waals surface area contributed by atoms with Crippen molar-refractivity contribution in [3.05, 3.63) is 58.9 Å². The van der Waals surface area contributed by atoms with Gasteiger partial charge in [0, 0.05) is 24.0 Å². The molecule has 1 heterocycles. The van der Waals surface area contributed by atoms with Crippen LogP contribution in [0.2, 0.25) is 5.02 Å². The highest BCUT2D eigenvalue weighted by atomic mass is 35.5. The molecule has 0 unspecified atom stereocenters. The van der Waals surface area contributed by atoms with Crippen molar-refractivity contribution in [3.63, 3.8) is 0 Å². The van der Waals surface area contributed by atoms with E-state index in [1.54, 1.807) is 12.1 Å². The van der Waals surface area contributed by atoms with E-state index in [0.29, 0.717) is 18.0 Å². The summed E-state index contributed by atoms with van der Waals surface area (Å²) < 4.78 is 0.